The highest BCUT2D eigenvalue weighted by molar-refractivity contribution is 6.32. The van der Waals surface area contributed by atoms with Gasteiger partial charge in [-0.3, -0.25) is 0 Å². The van der Waals surface area contributed by atoms with E-state index in [9.17, 15) is 0 Å². The number of rotatable bonds is 5. The van der Waals surface area contributed by atoms with E-state index in [0.717, 1.165) is 17.7 Å². The molecule has 19 heavy (non-hydrogen) atoms. The molecule has 5 nitrogen and oxygen atoms in total. The molecule has 0 saturated carbocycles. The van der Waals surface area contributed by atoms with E-state index < -0.39 is 0 Å². The first-order valence-corrected chi connectivity index (χ1v) is 6.22. The second-order valence-electron chi connectivity index (χ2n) is 3.91. The van der Waals surface area contributed by atoms with Gasteiger partial charge in [0.05, 0.1) is 13.3 Å². The fourth-order valence-electron chi connectivity index (χ4n) is 1.73. The molecule has 0 atom stereocenters. The Balaban J connectivity index is 1.98. The van der Waals surface area contributed by atoms with Crippen molar-refractivity contribution in [1.82, 2.24) is 9.97 Å². The molecule has 0 fully saturated rings. The molecule has 0 amide bonds. The lowest BCUT2D eigenvalue weighted by atomic mass is 10.1. The van der Waals surface area contributed by atoms with E-state index in [-0.39, 0.29) is 5.95 Å². The number of methoxy groups -OCH3 is 1. The van der Waals surface area contributed by atoms with Crippen molar-refractivity contribution in [3.05, 3.63) is 41.0 Å². The van der Waals surface area contributed by atoms with Crippen LogP contribution in [0, 0.1) is 0 Å². The number of ether oxygens (including phenoxy) is 1. The third-order valence-electron chi connectivity index (χ3n) is 2.64. The third kappa shape index (κ3) is 3.48. The third-order valence-corrected chi connectivity index (χ3v) is 2.92. The fourth-order valence-corrected chi connectivity index (χ4v) is 1.89. The highest BCUT2D eigenvalue weighted by Gasteiger charge is 2.05. The summed E-state index contributed by atoms with van der Waals surface area (Å²) < 4.78 is 5.29. The first-order chi connectivity index (χ1) is 9.20. The molecular weight excluding hydrogens is 264 g/mol. The van der Waals surface area contributed by atoms with Gasteiger partial charge in [0, 0.05) is 6.54 Å². The minimum absolute atomic E-state index is 0.198. The summed E-state index contributed by atoms with van der Waals surface area (Å²) in [4.78, 5) is 7.85. The number of hydrogen-bond acceptors (Lipinski definition) is 5. The highest BCUT2D eigenvalue weighted by atomic mass is 35.5. The van der Waals surface area contributed by atoms with E-state index in [4.69, 9.17) is 22.1 Å². The van der Waals surface area contributed by atoms with Gasteiger partial charge in [-0.2, -0.15) is 4.98 Å². The Morgan fingerprint density at radius 3 is 2.95 bits per heavy atom. The largest absolute Gasteiger partial charge is 0.496 e. The zero-order valence-corrected chi connectivity index (χ0v) is 11.3. The zero-order valence-electron chi connectivity index (χ0n) is 10.6. The van der Waals surface area contributed by atoms with Crippen LogP contribution < -0.4 is 15.8 Å². The molecule has 0 unspecified atom stereocenters. The predicted molar refractivity (Wildman–Crippen MR) is 76.6 cm³/mol. The van der Waals surface area contributed by atoms with Gasteiger partial charge in [0.15, 0.2) is 0 Å². The SMILES string of the molecule is COc1ccccc1CCNc1nc(N)ncc1Cl. The lowest BCUT2D eigenvalue weighted by Crippen LogP contribution is -2.09. The van der Waals surface area contributed by atoms with Crippen molar-refractivity contribution in [3.63, 3.8) is 0 Å². The van der Waals surface area contributed by atoms with Crippen LogP contribution in [0.1, 0.15) is 5.56 Å². The number of halogens is 1. The summed E-state index contributed by atoms with van der Waals surface area (Å²) in [7, 11) is 1.66. The van der Waals surface area contributed by atoms with Crippen LogP contribution in [0.2, 0.25) is 5.02 Å². The van der Waals surface area contributed by atoms with Crippen molar-refractivity contribution in [2.75, 3.05) is 24.7 Å². The van der Waals surface area contributed by atoms with E-state index in [2.05, 4.69) is 15.3 Å². The molecule has 0 bridgehead atoms. The quantitative estimate of drug-likeness (QED) is 0.878. The Morgan fingerprint density at radius 1 is 1.37 bits per heavy atom. The van der Waals surface area contributed by atoms with Gasteiger partial charge in [0.2, 0.25) is 5.95 Å². The predicted octanol–water partition coefficient (Wildman–Crippen LogP) is 2.38. The molecule has 0 aliphatic carbocycles. The molecule has 0 aliphatic rings. The van der Waals surface area contributed by atoms with Gasteiger partial charge in [0.1, 0.15) is 16.6 Å². The highest BCUT2D eigenvalue weighted by Crippen LogP contribution is 2.20. The standard InChI is InChI=1S/C13H15ClN4O/c1-19-11-5-3-2-4-9(11)6-7-16-12-10(14)8-17-13(15)18-12/h2-5,8H,6-7H2,1H3,(H3,15,16,17,18). The molecule has 0 saturated heterocycles. The van der Waals surface area contributed by atoms with Crippen molar-refractivity contribution in [2.45, 2.75) is 6.42 Å². The van der Waals surface area contributed by atoms with Gasteiger partial charge >= 0.3 is 0 Å². The van der Waals surface area contributed by atoms with E-state index in [0.29, 0.717) is 17.4 Å². The zero-order chi connectivity index (χ0) is 13.7. The second-order valence-corrected chi connectivity index (χ2v) is 4.32. The number of benzene rings is 1. The van der Waals surface area contributed by atoms with E-state index in [1.165, 1.54) is 6.20 Å². The summed E-state index contributed by atoms with van der Waals surface area (Å²) in [5.74, 6) is 1.62. The van der Waals surface area contributed by atoms with E-state index in [1.807, 2.05) is 24.3 Å². The number of para-hydroxylation sites is 1. The van der Waals surface area contributed by atoms with Crippen LogP contribution in [0.5, 0.6) is 5.75 Å². The Hall–Kier alpha value is -2.01. The van der Waals surface area contributed by atoms with Gasteiger partial charge in [0.25, 0.3) is 0 Å². The molecule has 0 radical (unpaired) electrons. The van der Waals surface area contributed by atoms with Crippen LogP contribution >= 0.6 is 11.6 Å². The first kappa shape index (κ1) is 13.4. The molecule has 0 spiro atoms. The van der Waals surface area contributed by atoms with Gasteiger partial charge < -0.3 is 15.8 Å². The maximum Gasteiger partial charge on any atom is 0.222 e. The smallest absolute Gasteiger partial charge is 0.222 e. The van der Waals surface area contributed by atoms with Crippen molar-refractivity contribution in [1.29, 1.82) is 0 Å². The van der Waals surface area contributed by atoms with Crippen molar-refractivity contribution in [2.24, 2.45) is 0 Å². The monoisotopic (exact) mass is 278 g/mol. The van der Waals surface area contributed by atoms with Crippen LogP contribution in [-0.4, -0.2) is 23.6 Å². The number of nitrogens with zero attached hydrogens (tertiary/aromatic N) is 2. The van der Waals surface area contributed by atoms with Gasteiger partial charge in [-0.25, -0.2) is 4.98 Å². The van der Waals surface area contributed by atoms with Crippen LogP contribution in [0.15, 0.2) is 30.5 Å². The van der Waals surface area contributed by atoms with Crippen molar-refractivity contribution >= 4 is 23.4 Å². The average Bonchev–Trinajstić information content (AvgIpc) is 2.43. The molecule has 1 aromatic carbocycles. The summed E-state index contributed by atoms with van der Waals surface area (Å²) in [6.07, 6.45) is 2.28. The van der Waals surface area contributed by atoms with Gasteiger partial charge in [-0.05, 0) is 18.1 Å². The average molecular weight is 279 g/mol. The number of nitrogens with two attached hydrogens (primary N) is 1. The Labute approximate surface area is 116 Å². The fraction of sp³-hybridized carbons (Fsp3) is 0.231. The Morgan fingerprint density at radius 2 is 2.16 bits per heavy atom. The first-order valence-electron chi connectivity index (χ1n) is 5.84. The molecule has 100 valence electrons. The second kappa shape index (κ2) is 6.24. The minimum atomic E-state index is 0.198. The molecule has 1 heterocycles. The molecule has 2 rings (SSSR count). The van der Waals surface area contributed by atoms with Crippen LogP contribution in [0.25, 0.3) is 0 Å². The summed E-state index contributed by atoms with van der Waals surface area (Å²) in [5.41, 5.74) is 6.64. The maximum atomic E-state index is 5.97. The number of hydrogen-bond donors (Lipinski definition) is 2. The van der Waals surface area contributed by atoms with E-state index in [1.54, 1.807) is 7.11 Å². The van der Waals surface area contributed by atoms with Crippen LogP contribution in [0.4, 0.5) is 11.8 Å². The lowest BCUT2D eigenvalue weighted by molar-refractivity contribution is 0.410. The number of aromatic nitrogens is 2. The summed E-state index contributed by atoms with van der Waals surface area (Å²) in [6, 6.07) is 7.88. The van der Waals surface area contributed by atoms with Crippen molar-refractivity contribution in [3.8, 4) is 5.75 Å². The number of anilines is 2. The van der Waals surface area contributed by atoms with Gasteiger partial charge in [-0.15, -0.1) is 0 Å². The van der Waals surface area contributed by atoms with Gasteiger partial charge in [-0.1, -0.05) is 29.8 Å². The number of nitrogens with one attached hydrogen (secondary N) is 1. The minimum Gasteiger partial charge on any atom is -0.496 e. The summed E-state index contributed by atoms with van der Waals surface area (Å²) in [5, 5.41) is 3.59. The molecule has 2 aromatic rings. The molecule has 0 aliphatic heterocycles. The maximum absolute atomic E-state index is 5.97. The molecule has 3 N–H and O–H groups in total. The van der Waals surface area contributed by atoms with Crippen LogP contribution in [0.3, 0.4) is 0 Å². The topological polar surface area (TPSA) is 73.1 Å². The molecule has 1 aromatic heterocycles. The summed E-state index contributed by atoms with van der Waals surface area (Å²) >= 11 is 5.97. The Bertz CT molecular complexity index is 562. The Kier molecular flexibility index (Phi) is 4.41. The van der Waals surface area contributed by atoms with E-state index >= 15 is 0 Å². The number of nitrogen functional groups attached to an aromatic ring is 1. The molecular formula is C13H15ClN4O. The summed E-state index contributed by atoms with van der Waals surface area (Å²) in [6.45, 7) is 0.677. The lowest BCUT2D eigenvalue weighted by Gasteiger charge is -2.10. The van der Waals surface area contributed by atoms with Crippen molar-refractivity contribution < 1.29 is 4.74 Å². The molecule has 6 heteroatoms. The normalized spacial score (nSPS) is 10.2. The van der Waals surface area contributed by atoms with Crippen LogP contribution in [-0.2, 0) is 6.42 Å².